The van der Waals surface area contributed by atoms with E-state index in [-0.39, 0.29) is 0 Å². The standard InChI is InChI=1S/C17H16N4O3/c1-11(19-17(23)24)16(22)21-15-8-3-2-7-14(15)20-13-6-4-5-12(9-13)10-18/h2-9,11,19-20H,1H3,(H,21,22)(H,23,24). The fourth-order valence-corrected chi connectivity index (χ4v) is 2.01. The van der Waals surface area contributed by atoms with E-state index in [1.54, 1.807) is 48.5 Å². The Kier molecular flexibility index (Phi) is 5.36. The molecule has 1 atom stereocenters. The molecule has 2 rings (SSSR count). The molecule has 122 valence electrons. The predicted molar refractivity (Wildman–Crippen MR) is 90.1 cm³/mol. The molecule has 0 aliphatic carbocycles. The number of carboxylic acid groups (broad SMARTS) is 1. The van der Waals surface area contributed by atoms with E-state index in [0.717, 1.165) is 0 Å². The molecule has 0 aliphatic heterocycles. The lowest BCUT2D eigenvalue weighted by Gasteiger charge is -2.16. The SMILES string of the molecule is CC(NC(=O)O)C(=O)Nc1ccccc1Nc1cccc(C#N)c1. The van der Waals surface area contributed by atoms with Crippen LogP contribution in [0.2, 0.25) is 0 Å². The second-order valence-corrected chi connectivity index (χ2v) is 5.02. The van der Waals surface area contributed by atoms with Gasteiger partial charge >= 0.3 is 6.09 Å². The van der Waals surface area contributed by atoms with Crippen molar-refractivity contribution in [3.63, 3.8) is 0 Å². The van der Waals surface area contributed by atoms with E-state index in [2.05, 4.69) is 22.0 Å². The number of nitrogens with one attached hydrogen (secondary N) is 3. The lowest BCUT2D eigenvalue weighted by atomic mass is 10.2. The molecule has 2 aromatic carbocycles. The number of benzene rings is 2. The third kappa shape index (κ3) is 4.48. The summed E-state index contributed by atoms with van der Waals surface area (Å²) in [5, 5.41) is 25.5. The lowest BCUT2D eigenvalue weighted by Crippen LogP contribution is -2.40. The first-order chi connectivity index (χ1) is 11.5. The maximum absolute atomic E-state index is 12.0. The number of para-hydroxylation sites is 2. The van der Waals surface area contributed by atoms with Gasteiger partial charge in [-0.15, -0.1) is 0 Å². The fraction of sp³-hybridized carbons (Fsp3) is 0.118. The quantitative estimate of drug-likeness (QED) is 0.675. The number of anilines is 3. The van der Waals surface area contributed by atoms with Crippen LogP contribution in [0.3, 0.4) is 0 Å². The van der Waals surface area contributed by atoms with E-state index < -0.39 is 18.0 Å². The number of amides is 2. The van der Waals surface area contributed by atoms with Gasteiger partial charge in [0, 0.05) is 5.69 Å². The molecule has 7 nitrogen and oxygen atoms in total. The zero-order chi connectivity index (χ0) is 17.5. The molecule has 0 saturated heterocycles. The highest BCUT2D eigenvalue weighted by atomic mass is 16.4. The molecule has 24 heavy (non-hydrogen) atoms. The van der Waals surface area contributed by atoms with Crippen molar-refractivity contribution in [2.45, 2.75) is 13.0 Å². The van der Waals surface area contributed by atoms with Gasteiger partial charge in [-0.05, 0) is 37.3 Å². The van der Waals surface area contributed by atoms with Crippen LogP contribution in [0.4, 0.5) is 21.9 Å². The van der Waals surface area contributed by atoms with Crippen LogP contribution < -0.4 is 16.0 Å². The molecule has 4 N–H and O–H groups in total. The zero-order valence-corrected chi connectivity index (χ0v) is 12.9. The Bertz CT molecular complexity index is 798. The summed E-state index contributed by atoms with van der Waals surface area (Å²) in [4.78, 5) is 22.7. The number of hydrogen-bond donors (Lipinski definition) is 4. The van der Waals surface area contributed by atoms with Crippen molar-refractivity contribution < 1.29 is 14.7 Å². The first-order valence-electron chi connectivity index (χ1n) is 7.16. The second-order valence-electron chi connectivity index (χ2n) is 5.02. The smallest absolute Gasteiger partial charge is 0.405 e. The molecule has 1 unspecified atom stereocenters. The highest BCUT2D eigenvalue weighted by Gasteiger charge is 2.16. The molecule has 0 bridgehead atoms. The van der Waals surface area contributed by atoms with Crippen LogP contribution in [0.5, 0.6) is 0 Å². The first kappa shape index (κ1) is 16.8. The highest BCUT2D eigenvalue weighted by molar-refractivity contribution is 5.99. The average molecular weight is 324 g/mol. The third-order valence-corrected chi connectivity index (χ3v) is 3.19. The Labute approximate surface area is 138 Å². The molecular formula is C17H16N4O3. The number of carbonyl (C=O) groups excluding carboxylic acids is 1. The number of hydrogen-bond acceptors (Lipinski definition) is 4. The van der Waals surface area contributed by atoms with E-state index in [1.807, 2.05) is 0 Å². The number of rotatable bonds is 5. The molecule has 7 heteroatoms. The summed E-state index contributed by atoms with van der Waals surface area (Å²) in [7, 11) is 0. The van der Waals surface area contributed by atoms with Gasteiger partial charge in [-0.25, -0.2) is 4.79 Å². The first-order valence-corrected chi connectivity index (χ1v) is 7.16. The van der Waals surface area contributed by atoms with Crippen molar-refractivity contribution >= 4 is 29.1 Å². The molecule has 2 amide bonds. The van der Waals surface area contributed by atoms with Crippen LogP contribution >= 0.6 is 0 Å². The van der Waals surface area contributed by atoms with E-state index in [4.69, 9.17) is 10.4 Å². The molecule has 0 aliphatic rings. The van der Waals surface area contributed by atoms with Crippen LogP contribution in [0.15, 0.2) is 48.5 Å². The van der Waals surface area contributed by atoms with Crippen molar-refractivity contribution in [1.82, 2.24) is 5.32 Å². The van der Waals surface area contributed by atoms with Crippen molar-refractivity contribution in [1.29, 1.82) is 5.26 Å². The van der Waals surface area contributed by atoms with E-state index >= 15 is 0 Å². The summed E-state index contributed by atoms with van der Waals surface area (Å²) in [5.74, 6) is -0.475. The molecular weight excluding hydrogens is 308 g/mol. The van der Waals surface area contributed by atoms with Crippen molar-refractivity contribution in [3.8, 4) is 6.07 Å². The highest BCUT2D eigenvalue weighted by Crippen LogP contribution is 2.25. The summed E-state index contributed by atoms with van der Waals surface area (Å²) >= 11 is 0. The number of carbonyl (C=O) groups is 2. The maximum Gasteiger partial charge on any atom is 0.405 e. The van der Waals surface area contributed by atoms with E-state index in [0.29, 0.717) is 22.6 Å². The number of nitriles is 1. The normalized spacial score (nSPS) is 11.0. The van der Waals surface area contributed by atoms with Gasteiger partial charge in [0.15, 0.2) is 0 Å². The molecule has 0 saturated carbocycles. The minimum Gasteiger partial charge on any atom is -0.465 e. The zero-order valence-electron chi connectivity index (χ0n) is 12.9. The Hall–Kier alpha value is -3.53. The van der Waals surface area contributed by atoms with Gasteiger partial charge in [0.2, 0.25) is 5.91 Å². The van der Waals surface area contributed by atoms with Gasteiger partial charge in [-0.3, -0.25) is 4.79 Å². The minimum atomic E-state index is -1.27. The van der Waals surface area contributed by atoms with Crippen LogP contribution in [0.25, 0.3) is 0 Å². The third-order valence-electron chi connectivity index (χ3n) is 3.19. The molecule has 0 spiro atoms. The molecule has 0 radical (unpaired) electrons. The largest absolute Gasteiger partial charge is 0.465 e. The van der Waals surface area contributed by atoms with Crippen LogP contribution in [-0.2, 0) is 4.79 Å². The summed E-state index contributed by atoms with van der Waals surface area (Å²) in [6.07, 6.45) is -1.27. The predicted octanol–water partition coefficient (Wildman–Crippen LogP) is 2.90. The van der Waals surface area contributed by atoms with Crippen LogP contribution in [0, 0.1) is 11.3 Å². The summed E-state index contributed by atoms with van der Waals surface area (Å²) in [6, 6.07) is 15.1. The Morgan fingerprint density at radius 2 is 1.83 bits per heavy atom. The van der Waals surface area contributed by atoms with E-state index in [1.165, 1.54) is 6.92 Å². The molecule has 0 heterocycles. The van der Waals surface area contributed by atoms with E-state index in [9.17, 15) is 9.59 Å². The Balaban J connectivity index is 2.16. The van der Waals surface area contributed by atoms with Crippen LogP contribution in [0.1, 0.15) is 12.5 Å². The van der Waals surface area contributed by atoms with Gasteiger partial charge in [0.1, 0.15) is 6.04 Å². The number of nitrogens with zero attached hydrogens (tertiary/aromatic N) is 1. The Morgan fingerprint density at radius 3 is 2.50 bits per heavy atom. The fourth-order valence-electron chi connectivity index (χ4n) is 2.01. The molecule has 2 aromatic rings. The van der Waals surface area contributed by atoms with Crippen molar-refractivity contribution in [2.24, 2.45) is 0 Å². The Morgan fingerprint density at radius 1 is 1.12 bits per heavy atom. The molecule has 0 fully saturated rings. The lowest BCUT2D eigenvalue weighted by molar-refractivity contribution is -0.117. The molecule has 0 aromatic heterocycles. The van der Waals surface area contributed by atoms with Gasteiger partial charge in [0.05, 0.1) is 23.0 Å². The maximum atomic E-state index is 12.0. The van der Waals surface area contributed by atoms with Gasteiger partial charge in [-0.2, -0.15) is 5.26 Å². The van der Waals surface area contributed by atoms with Crippen molar-refractivity contribution in [3.05, 3.63) is 54.1 Å². The topological polar surface area (TPSA) is 114 Å². The van der Waals surface area contributed by atoms with Gasteiger partial charge < -0.3 is 21.1 Å². The van der Waals surface area contributed by atoms with Gasteiger partial charge in [-0.1, -0.05) is 18.2 Å². The summed E-state index contributed by atoms with van der Waals surface area (Å²) in [6.45, 7) is 1.45. The monoisotopic (exact) mass is 324 g/mol. The van der Waals surface area contributed by atoms with Crippen molar-refractivity contribution in [2.75, 3.05) is 10.6 Å². The van der Waals surface area contributed by atoms with Crippen LogP contribution in [-0.4, -0.2) is 23.1 Å². The summed E-state index contributed by atoms with van der Waals surface area (Å²) < 4.78 is 0. The summed E-state index contributed by atoms with van der Waals surface area (Å²) in [5.41, 5.74) is 2.35. The average Bonchev–Trinajstić information content (AvgIpc) is 2.56. The minimum absolute atomic E-state index is 0.475. The second kappa shape index (κ2) is 7.65. The van der Waals surface area contributed by atoms with Gasteiger partial charge in [0.25, 0.3) is 0 Å².